The Hall–Kier alpha value is -1.95. The number of Topliss-reactive ketones (excluding diaryl/α,β-unsaturated/α-hetero) is 1. The first kappa shape index (κ1) is 30.3. The van der Waals surface area contributed by atoms with Gasteiger partial charge in [-0.25, -0.2) is 0 Å². The number of methoxy groups -OCH3 is 2. The molecule has 0 amide bonds. The Balaban J connectivity index is 1.60. The summed E-state index contributed by atoms with van der Waals surface area (Å²) in [5.74, 6) is 0.244. The number of hydrogen-bond acceptors (Lipinski definition) is 5. The third kappa shape index (κ3) is 9.49. The van der Waals surface area contributed by atoms with Gasteiger partial charge in [0.05, 0.1) is 41.1 Å². The number of ketones is 2. The van der Waals surface area contributed by atoms with E-state index in [2.05, 4.69) is 6.92 Å². The minimum absolute atomic E-state index is 0.0695. The lowest BCUT2D eigenvalue weighted by molar-refractivity contribution is 0.0985. The molecule has 0 spiro atoms. The molecule has 1 aromatic carbocycles. The van der Waals surface area contributed by atoms with Crippen molar-refractivity contribution in [3.05, 3.63) is 34.2 Å². The molecule has 0 saturated heterocycles. The fraction of sp³-hybridized carbons (Fsp3) is 0.667. The highest BCUT2D eigenvalue weighted by Crippen LogP contribution is 2.36. The zero-order chi connectivity index (χ0) is 26.2. The SMILES string of the molecule is CCCCCCCCCCCCCCCCCCS(=O)C1=CC(=O)c2c(OC)ccc(OC)c2C1=O. The lowest BCUT2D eigenvalue weighted by Crippen LogP contribution is -2.22. The highest BCUT2D eigenvalue weighted by Gasteiger charge is 2.34. The largest absolute Gasteiger partial charge is 0.496 e. The van der Waals surface area contributed by atoms with Crippen LogP contribution in [0.25, 0.3) is 0 Å². The predicted molar refractivity (Wildman–Crippen MR) is 149 cm³/mol. The first-order valence-corrected chi connectivity index (χ1v) is 15.3. The van der Waals surface area contributed by atoms with Crippen molar-refractivity contribution in [2.75, 3.05) is 20.0 Å². The van der Waals surface area contributed by atoms with Gasteiger partial charge in [0, 0.05) is 11.8 Å². The minimum Gasteiger partial charge on any atom is -0.496 e. The smallest absolute Gasteiger partial charge is 0.206 e. The van der Waals surface area contributed by atoms with Crippen molar-refractivity contribution in [3.63, 3.8) is 0 Å². The van der Waals surface area contributed by atoms with Crippen LogP contribution in [0.15, 0.2) is 23.1 Å². The number of unbranched alkanes of at least 4 members (excludes halogenated alkanes) is 15. The maximum atomic E-state index is 13.1. The zero-order valence-electron chi connectivity index (χ0n) is 22.7. The fourth-order valence-corrected chi connectivity index (χ4v) is 6.05. The van der Waals surface area contributed by atoms with E-state index in [1.807, 2.05) is 0 Å². The van der Waals surface area contributed by atoms with Gasteiger partial charge >= 0.3 is 0 Å². The quantitative estimate of drug-likeness (QED) is 0.164. The van der Waals surface area contributed by atoms with Crippen LogP contribution < -0.4 is 9.47 Å². The molecule has 1 unspecified atom stereocenters. The van der Waals surface area contributed by atoms with E-state index in [1.165, 1.54) is 104 Å². The second kappa shape index (κ2) is 17.5. The third-order valence-electron chi connectivity index (χ3n) is 6.96. The van der Waals surface area contributed by atoms with Crippen molar-refractivity contribution >= 4 is 22.4 Å². The van der Waals surface area contributed by atoms with E-state index in [1.54, 1.807) is 12.1 Å². The Morgan fingerprint density at radius 1 is 0.639 bits per heavy atom. The van der Waals surface area contributed by atoms with Gasteiger partial charge in [-0.1, -0.05) is 103 Å². The Morgan fingerprint density at radius 3 is 1.50 bits per heavy atom. The Bertz CT molecular complexity index is 890. The highest BCUT2D eigenvalue weighted by molar-refractivity contribution is 7.90. The highest BCUT2D eigenvalue weighted by atomic mass is 32.2. The summed E-state index contributed by atoms with van der Waals surface area (Å²) in [6.45, 7) is 2.27. The molecule has 202 valence electrons. The molecule has 0 N–H and O–H groups in total. The molecular weight excluding hydrogens is 472 g/mol. The van der Waals surface area contributed by atoms with Gasteiger partial charge in [-0.15, -0.1) is 0 Å². The van der Waals surface area contributed by atoms with Crippen LogP contribution in [0, 0.1) is 0 Å². The summed E-state index contributed by atoms with van der Waals surface area (Å²) < 4.78 is 23.4. The molecule has 0 heterocycles. The van der Waals surface area contributed by atoms with Crippen LogP contribution in [0.1, 0.15) is 130 Å². The second-order valence-electron chi connectivity index (χ2n) is 9.77. The molecule has 1 aliphatic rings. The summed E-state index contributed by atoms with van der Waals surface area (Å²) in [6.07, 6.45) is 21.7. The van der Waals surface area contributed by atoms with E-state index in [4.69, 9.17) is 9.47 Å². The predicted octanol–water partition coefficient (Wildman–Crippen LogP) is 7.98. The van der Waals surface area contributed by atoms with Crippen LogP contribution in [0.4, 0.5) is 0 Å². The Morgan fingerprint density at radius 2 is 1.06 bits per heavy atom. The van der Waals surface area contributed by atoms with Crippen LogP contribution in [0.2, 0.25) is 0 Å². The Kier molecular flexibility index (Phi) is 14.7. The maximum absolute atomic E-state index is 13.1. The zero-order valence-corrected chi connectivity index (χ0v) is 23.5. The van der Waals surface area contributed by atoms with Crippen LogP contribution in [-0.4, -0.2) is 35.7 Å². The molecule has 1 aromatic rings. The van der Waals surface area contributed by atoms with E-state index in [0.717, 1.165) is 19.3 Å². The number of rotatable bonds is 20. The van der Waals surface area contributed by atoms with E-state index in [9.17, 15) is 13.8 Å². The summed E-state index contributed by atoms with van der Waals surface area (Å²) in [5.41, 5.74) is 0.338. The molecule has 5 nitrogen and oxygen atoms in total. The number of fused-ring (bicyclic) bond motifs is 1. The summed E-state index contributed by atoms with van der Waals surface area (Å²) in [4.78, 5) is 25.9. The van der Waals surface area contributed by atoms with Crippen LogP contribution >= 0.6 is 0 Å². The second-order valence-corrected chi connectivity index (χ2v) is 11.3. The van der Waals surface area contributed by atoms with Gasteiger partial charge in [0.1, 0.15) is 11.5 Å². The van der Waals surface area contributed by atoms with E-state index < -0.39 is 16.6 Å². The average molecular weight is 519 g/mol. The standard InChI is InChI=1S/C30H46O5S/c1-4-5-6-7-8-9-10-11-12-13-14-15-16-17-18-19-22-36(33)27-23-24(31)28-25(34-2)20-21-26(35-3)29(28)30(27)32/h20-21,23H,4-19,22H2,1-3H3. The normalized spacial score (nSPS) is 13.9. The van der Waals surface area contributed by atoms with Crippen molar-refractivity contribution in [2.45, 2.75) is 110 Å². The molecule has 2 rings (SSSR count). The lowest BCUT2D eigenvalue weighted by Gasteiger charge is -2.19. The summed E-state index contributed by atoms with van der Waals surface area (Å²) >= 11 is 0. The topological polar surface area (TPSA) is 69.7 Å². The van der Waals surface area contributed by atoms with Crippen molar-refractivity contribution in [1.82, 2.24) is 0 Å². The number of benzene rings is 1. The van der Waals surface area contributed by atoms with Gasteiger partial charge in [-0.2, -0.15) is 0 Å². The van der Waals surface area contributed by atoms with Gasteiger partial charge in [-0.05, 0) is 18.6 Å². The van der Waals surface area contributed by atoms with Crippen LogP contribution in [0.3, 0.4) is 0 Å². The molecule has 0 saturated carbocycles. The van der Waals surface area contributed by atoms with Gasteiger partial charge in [0.2, 0.25) is 5.78 Å². The van der Waals surface area contributed by atoms with Gasteiger partial charge in [0.25, 0.3) is 0 Å². The lowest BCUT2D eigenvalue weighted by atomic mass is 9.93. The maximum Gasteiger partial charge on any atom is 0.206 e. The van der Waals surface area contributed by atoms with E-state index in [0.29, 0.717) is 17.3 Å². The summed E-state index contributed by atoms with van der Waals surface area (Å²) in [5, 5.41) is 0. The van der Waals surface area contributed by atoms with E-state index >= 15 is 0 Å². The van der Waals surface area contributed by atoms with Crippen molar-refractivity contribution in [1.29, 1.82) is 0 Å². The number of carbonyl (C=O) groups is 2. The van der Waals surface area contributed by atoms with Gasteiger partial charge in [-0.3, -0.25) is 13.8 Å². The summed E-state index contributed by atoms with van der Waals surface area (Å²) in [7, 11) is 1.40. The molecule has 0 radical (unpaired) electrons. The molecule has 1 aliphatic carbocycles. The van der Waals surface area contributed by atoms with Gasteiger partial charge < -0.3 is 9.47 Å². The molecule has 0 aromatic heterocycles. The summed E-state index contributed by atoms with van der Waals surface area (Å²) in [6, 6.07) is 3.21. The molecule has 0 fully saturated rings. The number of allylic oxidation sites excluding steroid dienone is 2. The van der Waals surface area contributed by atoms with Crippen LogP contribution in [-0.2, 0) is 10.8 Å². The fourth-order valence-electron chi connectivity index (χ4n) is 4.82. The number of carbonyl (C=O) groups excluding carboxylic acids is 2. The van der Waals surface area contributed by atoms with Crippen LogP contribution in [0.5, 0.6) is 11.5 Å². The Labute approximate surface area is 220 Å². The third-order valence-corrected chi connectivity index (χ3v) is 8.41. The van der Waals surface area contributed by atoms with E-state index in [-0.39, 0.29) is 21.8 Å². The number of hydrogen-bond donors (Lipinski definition) is 0. The van der Waals surface area contributed by atoms with Gasteiger partial charge in [0.15, 0.2) is 5.78 Å². The molecule has 0 bridgehead atoms. The van der Waals surface area contributed by atoms with Crippen molar-refractivity contribution in [2.24, 2.45) is 0 Å². The molecular formula is C30H46O5S. The molecule has 0 aliphatic heterocycles. The molecule has 36 heavy (non-hydrogen) atoms. The average Bonchev–Trinajstić information content (AvgIpc) is 2.89. The molecule has 1 atom stereocenters. The first-order valence-electron chi connectivity index (χ1n) is 14.0. The monoisotopic (exact) mass is 518 g/mol. The molecule has 6 heteroatoms. The van der Waals surface area contributed by atoms with Crippen molar-refractivity contribution in [3.8, 4) is 11.5 Å². The first-order chi connectivity index (χ1) is 17.5. The minimum atomic E-state index is -1.51. The number of ether oxygens (including phenoxy) is 2. The van der Waals surface area contributed by atoms with Crippen molar-refractivity contribution < 1.29 is 23.3 Å².